The van der Waals surface area contributed by atoms with Gasteiger partial charge < -0.3 is 19.9 Å². The number of hydrogen-bond acceptors (Lipinski definition) is 6. The zero-order chi connectivity index (χ0) is 34.7. The number of esters is 2. The van der Waals surface area contributed by atoms with Crippen molar-refractivity contribution in [3.05, 3.63) is 71.3 Å². The largest absolute Gasteiger partial charge is 0.462 e. The summed E-state index contributed by atoms with van der Waals surface area (Å²) in [6, 6.07) is 18.0. The van der Waals surface area contributed by atoms with E-state index in [0.717, 1.165) is 35.3 Å². The molecule has 0 aliphatic heterocycles. The number of ether oxygens (including phenoxy) is 2. The van der Waals surface area contributed by atoms with Crippen LogP contribution in [0.4, 0.5) is 0 Å². The van der Waals surface area contributed by atoms with Crippen molar-refractivity contribution in [3.8, 4) is 0 Å². The number of aliphatic hydroxyl groups is 1. The number of carbonyl (C=O) groups excluding carboxylic acids is 2. The van der Waals surface area contributed by atoms with Crippen LogP contribution >= 0.6 is 0 Å². The molecule has 0 radical (unpaired) electrons. The molecule has 2 N–H and O–H groups in total. The molecule has 3 atom stereocenters. The lowest BCUT2D eigenvalue weighted by Crippen LogP contribution is -2.59. The van der Waals surface area contributed by atoms with E-state index in [1.54, 1.807) is 0 Å². The SMILES string of the molecule is CCC(c1ccc(CC(=O)OCc2ccccc2)cc1)C(C)(C)CC(C)(C(=O)OCC(O)CNC12CC3CC(CC(C3)C1)C2)C(C)(C)C. The van der Waals surface area contributed by atoms with E-state index in [2.05, 4.69) is 59.0 Å². The average Bonchev–Trinajstić information content (AvgIpc) is 3.02. The molecule has 2 aromatic carbocycles. The van der Waals surface area contributed by atoms with Crippen molar-refractivity contribution in [2.24, 2.45) is 34.0 Å². The van der Waals surface area contributed by atoms with Gasteiger partial charge >= 0.3 is 11.9 Å². The van der Waals surface area contributed by atoms with Crippen LogP contribution in [0.1, 0.15) is 122 Å². The zero-order valence-corrected chi connectivity index (χ0v) is 30.6. The van der Waals surface area contributed by atoms with Crippen molar-refractivity contribution in [2.45, 2.75) is 130 Å². The predicted octanol–water partition coefficient (Wildman–Crippen LogP) is 8.40. The summed E-state index contributed by atoms with van der Waals surface area (Å²) in [5.74, 6) is 2.24. The molecular weight excluding hydrogens is 598 g/mol. The molecule has 264 valence electrons. The van der Waals surface area contributed by atoms with E-state index >= 15 is 0 Å². The lowest BCUT2D eigenvalue weighted by atomic mass is 9.53. The van der Waals surface area contributed by atoms with Gasteiger partial charge in [0.2, 0.25) is 0 Å². The van der Waals surface area contributed by atoms with Crippen molar-refractivity contribution < 1.29 is 24.2 Å². The molecule has 4 fully saturated rings. The molecular formula is C42H61NO5. The summed E-state index contributed by atoms with van der Waals surface area (Å²) < 4.78 is 11.4. The van der Waals surface area contributed by atoms with E-state index in [1.807, 2.05) is 49.4 Å². The Hall–Kier alpha value is -2.70. The molecule has 6 rings (SSSR count). The highest BCUT2D eigenvalue weighted by atomic mass is 16.5. The molecule has 0 aromatic heterocycles. The quantitative estimate of drug-likeness (QED) is 0.187. The van der Waals surface area contributed by atoms with Gasteiger partial charge in [-0.05, 0) is 109 Å². The molecule has 0 heterocycles. The number of β-amino-alcohol motifs (C(OH)–C–C–N with tert-alkyl or cyclic N) is 1. The summed E-state index contributed by atoms with van der Waals surface area (Å²) >= 11 is 0. The minimum atomic E-state index is -0.764. The Balaban J connectivity index is 1.16. The van der Waals surface area contributed by atoms with Gasteiger partial charge in [0.05, 0.1) is 11.8 Å². The van der Waals surface area contributed by atoms with Crippen molar-refractivity contribution in [1.29, 1.82) is 0 Å². The van der Waals surface area contributed by atoms with E-state index in [4.69, 9.17) is 9.47 Å². The molecule has 4 aliphatic rings. The Morgan fingerprint density at radius 3 is 1.98 bits per heavy atom. The molecule has 48 heavy (non-hydrogen) atoms. The fourth-order valence-electron chi connectivity index (χ4n) is 9.79. The Bertz CT molecular complexity index is 1340. The van der Waals surface area contributed by atoms with E-state index < -0.39 is 11.5 Å². The van der Waals surface area contributed by atoms with Gasteiger partial charge in [-0.2, -0.15) is 0 Å². The third-order valence-electron chi connectivity index (χ3n) is 12.4. The van der Waals surface area contributed by atoms with E-state index in [-0.39, 0.29) is 53.9 Å². The topological polar surface area (TPSA) is 84.9 Å². The first kappa shape index (κ1) is 36.6. The lowest BCUT2D eigenvalue weighted by Gasteiger charge is -2.57. The molecule has 3 unspecified atom stereocenters. The third kappa shape index (κ3) is 8.53. The molecule has 0 spiro atoms. The summed E-state index contributed by atoms with van der Waals surface area (Å²) in [5.41, 5.74) is 1.91. The third-order valence-corrected chi connectivity index (χ3v) is 12.4. The van der Waals surface area contributed by atoms with Gasteiger partial charge in [-0.3, -0.25) is 9.59 Å². The predicted molar refractivity (Wildman–Crippen MR) is 191 cm³/mol. The molecule has 0 saturated heterocycles. The van der Waals surface area contributed by atoms with Gasteiger partial charge in [0.25, 0.3) is 0 Å². The average molecular weight is 660 g/mol. The number of benzene rings is 2. The fourth-order valence-corrected chi connectivity index (χ4v) is 9.79. The number of aliphatic hydroxyl groups excluding tert-OH is 1. The molecule has 4 bridgehead atoms. The second-order valence-corrected chi connectivity index (χ2v) is 17.6. The van der Waals surface area contributed by atoms with Crippen molar-refractivity contribution >= 4 is 11.9 Å². The lowest BCUT2D eigenvalue weighted by molar-refractivity contribution is -0.168. The van der Waals surface area contributed by atoms with Crippen LogP contribution in [0.5, 0.6) is 0 Å². The van der Waals surface area contributed by atoms with Crippen LogP contribution < -0.4 is 5.32 Å². The van der Waals surface area contributed by atoms with Crippen molar-refractivity contribution in [1.82, 2.24) is 5.32 Å². The molecule has 4 saturated carbocycles. The summed E-state index contributed by atoms with van der Waals surface area (Å²) in [7, 11) is 0. The maximum absolute atomic E-state index is 14.0. The minimum absolute atomic E-state index is 0.0107. The Morgan fingerprint density at radius 2 is 1.44 bits per heavy atom. The number of nitrogens with one attached hydrogen (secondary N) is 1. The summed E-state index contributed by atoms with van der Waals surface area (Å²) in [6.07, 6.45) is 8.90. The first-order valence-corrected chi connectivity index (χ1v) is 18.5. The smallest absolute Gasteiger partial charge is 0.312 e. The fraction of sp³-hybridized carbons (Fsp3) is 0.667. The van der Waals surface area contributed by atoms with Crippen LogP contribution in [0.2, 0.25) is 0 Å². The van der Waals surface area contributed by atoms with Gasteiger partial charge in [-0.25, -0.2) is 0 Å². The Labute approximate surface area is 289 Å². The second-order valence-electron chi connectivity index (χ2n) is 17.6. The van der Waals surface area contributed by atoms with Crippen LogP contribution in [0.25, 0.3) is 0 Å². The summed E-state index contributed by atoms with van der Waals surface area (Å²) in [5, 5.41) is 14.7. The molecule has 0 amide bonds. The van der Waals surface area contributed by atoms with E-state index in [1.165, 1.54) is 44.1 Å². The van der Waals surface area contributed by atoms with Crippen LogP contribution in [0.15, 0.2) is 54.6 Å². The first-order valence-electron chi connectivity index (χ1n) is 18.5. The summed E-state index contributed by atoms with van der Waals surface area (Å²) in [6.45, 7) is 15.8. The normalized spacial score (nSPS) is 26.0. The van der Waals surface area contributed by atoms with Crippen LogP contribution in [0, 0.1) is 34.0 Å². The van der Waals surface area contributed by atoms with Crippen molar-refractivity contribution in [2.75, 3.05) is 13.2 Å². The van der Waals surface area contributed by atoms with E-state index in [9.17, 15) is 14.7 Å². The molecule has 4 aliphatic carbocycles. The summed E-state index contributed by atoms with van der Waals surface area (Å²) in [4.78, 5) is 26.5. The molecule has 6 heteroatoms. The van der Waals surface area contributed by atoms with E-state index in [0.29, 0.717) is 13.0 Å². The van der Waals surface area contributed by atoms with Crippen molar-refractivity contribution in [3.63, 3.8) is 0 Å². The highest BCUT2D eigenvalue weighted by Crippen LogP contribution is 2.56. The van der Waals surface area contributed by atoms with Gasteiger partial charge in [0, 0.05) is 12.1 Å². The molecule has 2 aromatic rings. The highest BCUT2D eigenvalue weighted by molar-refractivity contribution is 5.77. The van der Waals surface area contributed by atoms with Crippen LogP contribution in [-0.2, 0) is 32.1 Å². The Morgan fingerprint density at radius 1 is 0.854 bits per heavy atom. The first-order chi connectivity index (χ1) is 22.6. The van der Waals surface area contributed by atoms with Crippen LogP contribution in [0.3, 0.4) is 0 Å². The zero-order valence-electron chi connectivity index (χ0n) is 30.6. The van der Waals surface area contributed by atoms with Gasteiger partial charge in [0.15, 0.2) is 0 Å². The maximum Gasteiger partial charge on any atom is 0.312 e. The standard InChI is InChI=1S/C42H61NO5/c1-8-36(34-16-14-29(15-17-34)21-37(45)47-26-30-12-10-9-11-13-30)40(5,6)28-41(7,39(2,3)4)38(46)48-27-35(44)25-43-42-22-31-18-32(23-42)20-33(19-31)24-42/h9-17,31-33,35-36,43-44H,8,18-28H2,1-7H3. The van der Waals surface area contributed by atoms with Crippen LogP contribution in [-0.4, -0.2) is 41.8 Å². The second kappa shape index (κ2) is 14.6. The molecule has 6 nitrogen and oxygen atoms in total. The number of hydrogen-bond donors (Lipinski definition) is 2. The maximum atomic E-state index is 14.0. The monoisotopic (exact) mass is 659 g/mol. The van der Waals surface area contributed by atoms with Gasteiger partial charge in [0.1, 0.15) is 19.3 Å². The highest BCUT2D eigenvalue weighted by Gasteiger charge is 2.52. The Kier molecular flexibility index (Phi) is 11.2. The van der Waals surface area contributed by atoms with Gasteiger partial charge in [-0.1, -0.05) is 96.1 Å². The number of rotatable bonds is 15. The van der Waals surface area contributed by atoms with Gasteiger partial charge in [-0.15, -0.1) is 0 Å². The minimum Gasteiger partial charge on any atom is -0.462 e. The number of carbonyl (C=O) groups is 2.